The molecule has 0 bridgehead atoms. The Kier molecular flexibility index (Phi) is 9.24. The van der Waals surface area contributed by atoms with Crippen LogP contribution in [0.1, 0.15) is 129 Å². The molecule has 0 aromatic heterocycles. The lowest BCUT2D eigenvalue weighted by Gasteiger charge is -2.66. The van der Waals surface area contributed by atoms with Crippen molar-refractivity contribution < 1.29 is 4.79 Å². The molecule has 0 N–H and O–H groups in total. The monoisotopic (exact) mass is 626 g/mol. The number of nitrogens with zero attached hydrogens (tertiary/aromatic N) is 4. The van der Waals surface area contributed by atoms with E-state index in [9.17, 15) is 4.79 Å². The van der Waals surface area contributed by atoms with Crippen LogP contribution in [0.4, 0.5) is 0 Å². The molecule has 0 radical (unpaired) electrons. The van der Waals surface area contributed by atoms with Crippen molar-refractivity contribution in [2.24, 2.45) is 50.6 Å². The van der Waals surface area contributed by atoms with Crippen LogP contribution in [-0.2, 0) is 4.79 Å². The lowest BCUT2D eigenvalue weighted by atomic mass is 9.39. The molecule has 0 amide bonds. The average Bonchev–Trinajstić information content (AvgIpc) is 3.33. The van der Waals surface area contributed by atoms with E-state index >= 15 is 0 Å². The smallest absolute Gasteiger partial charge is 0.161 e. The van der Waals surface area contributed by atoms with Crippen molar-refractivity contribution in [3.05, 3.63) is 46.5 Å². The summed E-state index contributed by atoms with van der Waals surface area (Å²) in [4.78, 5) is 19.2. The van der Waals surface area contributed by atoms with E-state index in [1.54, 1.807) is 0 Å². The minimum absolute atomic E-state index is 0.221. The number of fused-ring (bicyclic) bond motifs is 7. The number of rotatable bonds is 8. The quantitative estimate of drug-likeness (QED) is 0.164. The second-order valence-corrected chi connectivity index (χ2v) is 17.3. The molecular formula is C41H62N4O. The SMILES string of the molecule is C=N/N=C(/c1ccc(C(C)C)cc1)N(CCN(C)C)C12CCC3C(CCC4C5(C)CCCCC5CCC34C)C1=C(C(C)C)C(=O)C2. The van der Waals surface area contributed by atoms with Crippen molar-refractivity contribution in [3.63, 3.8) is 0 Å². The van der Waals surface area contributed by atoms with E-state index in [1.165, 1.54) is 68.9 Å². The fourth-order valence-corrected chi connectivity index (χ4v) is 12.0. The van der Waals surface area contributed by atoms with Gasteiger partial charge in [0.25, 0.3) is 0 Å². The maximum atomic E-state index is 14.4. The fourth-order valence-electron chi connectivity index (χ4n) is 12.0. The van der Waals surface area contributed by atoms with E-state index in [-0.39, 0.29) is 11.5 Å². The topological polar surface area (TPSA) is 48.3 Å². The molecule has 252 valence electrons. The third kappa shape index (κ3) is 5.35. The van der Waals surface area contributed by atoms with Gasteiger partial charge in [0.05, 0.1) is 5.54 Å². The minimum Gasteiger partial charge on any atom is -0.343 e. The number of Topliss-reactive ketones (excluding diaryl/α,β-unsaturated/α-hetero) is 1. The molecule has 1 aromatic carbocycles. The summed E-state index contributed by atoms with van der Waals surface area (Å²) in [5, 5.41) is 8.99. The summed E-state index contributed by atoms with van der Waals surface area (Å²) in [6, 6.07) is 8.89. The number of carbonyl (C=O) groups excluding carboxylic acids is 1. The Labute approximate surface area is 280 Å². The maximum Gasteiger partial charge on any atom is 0.161 e. The molecular weight excluding hydrogens is 564 g/mol. The average molecular weight is 627 g/mol. The molecule has 4 fully saturated rings. The first-order valence-electron chi connectivity index (χ1n) is 18.7. The first kappa shape index (κ1) is 33.6. The van der Waals surface area contributed by atoms with Crippen LogP contribution in [0.2, 0.25) is 0 Å². The van der Waals surface area contributed by atoms with Gasteiger partial charge in [0.1, 0.15) is 0 Å². The number of allylic oxidation sites excluding steroid dienone is 1. The van der Waals surface area contributed by atoms with Gasteiger partial charge in [0, 0.05) is 31.8 Å². The number of benzene rings is 1. The highest BCUT2D eigenvalue weighted by Gasteiger charge is 2.64. The molecule has 7 atom stereocenters. The molecule has 6 rings (SSSR count). The first-order chi connectivity index (χ1) is 21.9. The molecule has 0 aliphatic heterocycles. The Bertz CT molecular complexity index is 1370. The van der Waals surface area contributed by atoms with Crippen LogP contribution >= 0.6 is 0 Å². The van der Waals surface area contributed by atoms with Gasteiger partial charge in [0.15, 0.2) is 11.6 Å². The van der Waals surface area contributed by atoms with E-state index in [1.807, 2.05) is 0 Å². The number of likely N-dealkylation sites (N-methyl/N-ethyl adjacent to an activating group) is 1. The number of amidine groups is 1. The Morgan fingerprint density at radius 3 is 2.28 bits per heavy atom. The van der Waals surface area contributed by atoms with Crippen molar-refractivity contribution in [2.45, 2.75) is 124 Å². The summed E-state index contributed by atoms with van der Waals surface area (Å²) in [7, 11) is 4.29. The zero-order valence-electron chi connectivity index (χ0n) is 30.4. The summed E-state index contributed by atoms with van der Waals surface area (Å²) in [5.74, 6) is 4.75. The van der Waals surface area contributed by atoms with Crippen LogP contribution in [0, 0.1) is 40.4 Å². The summed E-state index contributed by atoms with van der Waals surface area (Å²) in [6.07, 6.45) is 13.8. The van der Waals surface area contributed by atoms with Gasteiger partial charge in [-0.05, 0) is 129 Å². The standard InChI is InChI=1S/C41H62N4O/c1-27(2)29-13-15-30(16-14-29)38(43-42-7)45(25-24-44(8)9)41-23-20-33-32(37(41)36(28(3)4)34(46)26-41)17-18-35-39(5)21-11-10-12-31(39)19-22-40(33,35)6/h13-16,27-28,31-33,35H,7,10-12,17-26H2,1-6,8-9H3/b43-38-. The van der Waals surface area contributed by atoms with Crippen molar-refractivity contribution in [1.82, 2.24) is 9.80 Å². The largest absolute Gasteiger partial charge is 0.343 e. The van der Waals surface area contributed by atoms with E-state index in [0.29, 0.717) is 40.8 Å². The molecule has 7 unspecified atom stereocenters. The molecule has 0 saturated heterocycles. The van der Waals surface area contributed by atoms with Gasteiger partial charge in [-0.1, -0.05) is 78.6 Å². The Morgan fingerprint density at radius 1 is 0.891 bits per heavy atom. The molecule has 4 saturated carbocycles. The zero-order chi connectivity index (χ0) is 33.0. The second kappa shape index (κ2) is 12.6. The van der Waals surface area contributed by atoms with Crippen LogP contribution in [0.15, 0.2) is 45.6 Å². The number of ketones is 1. The molecule has 0 heterocycles. The summed E-state index contributed by atoms with van der Waals surface area (Å²) in [6.45, 7) is 19.9. The van der Waals surface area contributed by atoms with E-state index < -0.39 is 0 Å². The highest BCUT2D eigenvalue weighted by Crippen LogP contribution is 2.70. The molecule has 5 nitrogen and oxygen atoms in total. The number of hydrogen-bond donors (Lipinski definition) is 0. The van der Waals surface area contributed by atoms with E-state index in [2.05, 4.69) is 102 Å². The highest BCUT2D eigenvalue weighted by molar-refractivity contribution is 6.05. The summed E-state index contributed by atoms with van der Waals surface area (Å²) in [5.41, 5.74) is 5.50. The Balaban J connectivity index is 1.46. The Morgan fingerprint density at radius 2 is 1.63 bits per heavy atom. The minimum atomic E-state index is -0.358. The second-order valence-electron chi connectivity index (χ2n) is 17.3. The van der Waals surface area contributed by atoms with Gasteiger partial charge in [-0.15, -0.1) is 5.10 Å². The lowest BCUT2D eigenvalue weighted by Crippen LogP contribution is -2.62. The normalized spacial score (nSPS) is 36.1. The van der Waals surface area contributed by atoms with Crippen molar-refractivity contribution in [2.75, 3.05) is 27.2 Å². The van der Waals surface area contributed by atoms with Gasteiger partial charge in [-0.3, -0.25) is 4.79 Å². The first-order valence-corrected chi connectivity index (χ1v) is 18.7. The molecule has 5 aliphatic carbocycles. The fraction of sp³-hybridized carbons (Fsp3) is 0.732. The van der Waals surface area contributed by atoms with Gasteiger partial charge in [-0.2, -0.15) is 5.10 Å². The molecule has 5 aliphatic rings. The van der Waals surface area contributed by atoms with Crippen molar-refractivity contribution in [3.8, 4) is 0 Å². The zero-order valence-corrected chi connectivity index (χ0v) is 30.4. The predicted molar refractivity (Wildman–Crippen MR) is 192 cm³/mol. The van der Waals surface area contributed by atoms with Crippen molar-refractivity contribution >= 4 is 18.3 Å². The maximum absolute atomic E-state index is 14.4. The highest BCUT2D eigenvalue weighted by atomic mass is 16.1. The van der Waals surface area contributed by atoms with Crippen LogP contribution in [0.25, 0.3) is 0 Å². The van der Waals surface area contributed by atoms with Gasteiger partial charge in [-0.25, -0.2) is 0 Å². The lowest BCUT2D eigenvalue weighted by molar-refractivity contribution is -0.150. The summed E-state index contributed by atoms with van der Waals surface area (Å²) >= 11 is 0. The van der Waals surface area contributed by atoms with Gasteiger partial charge in [0.2, 0.25) is 0 Å². The molecule has 1 aromatic rings. The Hall–Kier alpha value is -2.27. The van der Waals surface area contributed by atoms with E-state index in [4.69, 9.17) is 5.10 Å². The van der Waals surface area contributed by atoms with Gasteiger partial charge >= 0.3 is 0 Å². The van der Waals surface area contributed by atoms with Crippen LogP contribution < -0.4 is 0 Å². The van der Waals surface area contributed by atoms with Crippen LogP contribution in [0.5, 0.6) is 0 Å². The number of carbonyl (C=O) groups is 1. The summed E-state index contributed by atoms with van der Waals surface area (Å²) < 4.78 is 0. The molecule has 5 heteroatoms. The van der Waals surface area contributed by atoms with Crippen molar-refractivity contribution in [1.29, 1.82) is 0 Å². The predicted octanol–water partition coefficient (Wildman–Crippen LogP) is 9.13. The number of hydrogen-bond acceptors (Lipinski definition) is 4. The van der Waals surface area contributed by atoms with Crippen LogP contribution in [0.3, 0.4) is 0 Å². The third-order valence-electron chi connectivity index (χ3n) is 14.1. The molecule has 46 heavy (non-hydrogen) atoms. The molecule has 0 spiro atoms. The van der Waals surface area contributed by atoms with Gasteiger partial charge < -0.3 is 9.80 Å². The van der Waals surface area contributed by atoms with Crippen LogP contribution in [-0.4, -0.2) is 60.9 Å². The third-order valence-corrected chi connectivity index (χ3v) is 14.1. The van der Waals surface area contributed by atoms with E-state index in [0.717, 1.165) is 48.3 Å².